The van der Waals surface area contributed by atoms with E-state index in [1.807, 2.05) is 71.3 Å². The van der Waals surface area contributed by atoms with Gasteiger partial charge in [-0.15, -0.1) is 12.4 Å². The van der Waals surface area contributed by atoms with Crippen LogP contribution in [0.1, 0.15) is 38.3 Å². The zero-order chi connectivity index (χ0) is 27.6. The monoisotopic (exact) mass is 561 g/mol. The van der Waals surface area contributed by atoms with Crippen molar-refractivity contribution in [2.45, 2.75) is 50.7 Å². The van der Waals surface area contributed by atoms with Crippen molar-refractivity contribution in [3.63, 3.8) is 0 Å². The van der Waals surface area contributed by atoms with Gasteiger partial charge in [-0.25, -0.2) is 4.79 Å². The van der Waals surface area contributed by atoms with Crippen molar-refractivity contribution in [1.82, 2.24) is 19.8 Å². The van der Waals surface area contributed by atoms with Crippen LogP contribution in [-0.4, -0.2) is 50.9 Å². The second kappa shape index (κ2) is 12.1. The van der Waals surface area contributed by atoms with Gasteiger partial charge in [0.05, 0.1) is 16.6 Å². The van der Waals surface area contributed by atoms with E-state index in [4.69, 9.17) is 5.73 Å². The number of nitrogens with two attached hydrogens (primary N) is 1. The predicted octanol–water partition coefficient (Wildman–Crippen LogP) is 4.05. The number of nitrogens with zero attached hydrogens (tertiary/aromatic N) is 2. The van der Waals surface area contributed by atoms with Crippen LogP contribution in [0.5, 0.6) is 0 Å². The van der Waals surface area contributed by atoms with E-state index < -0.39 is 11.6 Å². The first-order valence-electron chi connectivity index (χ1n) is 13.4. The third-order valence-corrected chi connectivity index (χ3v) is 7.45. The molecule has 1 aliphatic rings. The molecule has 0 saturated carbocycles. The molecule has 1 saturated heterocycles. The maximum Gasteiger partial charge on any atom is 0.326 e. The highest BCUT2D eigenvalue weighted by molar-refractivity contribution is 5.91. The number of halogens is 1. The van der Waals surface area contributed by atoms with E-state index in [-0.39, 0.29) is 36.0 Å². The standard InChI is InChI=1S/C31H35N5O3.ClH/c1-31(2,32)29(38)33-26(20-21-12-14-23(15-13-21)22-8-4-3-5-9-22)28(37)35-18-16-24(17-19-35)36-27-11-7-6-10-25(27)34-30(36)39;/h3-15,24,26H,16-20,32H2,1-2H3,(H,33,38)(H,34,39);1H. The predicted molar refractivity (Wildman–Crippen MR) is 160 cm³/mol. The van der Waals surface area contributed by atoms with Crippen molar-refractivity contribution in [3.05, 3.63) is 94.9 Å². The summed E-state index contributed by atoms with van der Waals surface area (Å²) in [7, 11) is 0. The molecule has 3 aromatic carbocycles. The molecule has 1 unspecified atom stereocenters. The number of amides is 2. The number of hydrogen-bond donors (Lipinski definition) is 3. The van der Waals surface area contributed by atoms with Gasteiger partial charge in [-0.05, 0) is 55.5 Å². The Kier molecular flexibility index (Phi) is 8.81. The Hall–Kier alpha value is -3.88. The summed E-state index contributed by atoms with van der Waals surface area (Å²) < 4.78 is 1.81. The summed E-state index contributed by atoms with van der Waals surface area (Å²) in [6, 6.07) is 25.1. The van der Waals surface area contributed by atoms with Crippen LogP contribution in [0.3, 0.4) is 0 Å². The fraction of sp³-hybridized carbons (Fsp3) is 0.323. The van der Waals surface area contributed by atoms with Gasteiger partial charge in [0.15, 0.2) is 0 Å². The van der Waals surface area contributed by atoms with E-state index in [2.05, 4.69) is 22.4 Å². The van der Waals surface area contributed by atoms with Crippen LogP contribution in [0.2, 0.25) is 0 Å². The van der Waals surface area contributed by atoms with Crippen LogP contribution in [0.4, 0.5) is 0 Å². The summed E-state index contributed by atoms with van der Waals surface area (Å²) in [6.07, 6.45) is 1.67. The Morgan fingerprint density at radius 3 is 2.20 bits per heavy atom. The van der Waals surface area contributed by atoms with E-state index in [9.17, 15) is 14.4 Å². The average Bonchev–Trinajstić information content (AvgIpc) is 3.28. The number of fused-ring (bicyclic) bond motifs is 1. The lowest BCUT2D eigenvalue weighted by atomic mass is 9.97. The van der Waals surface area contributed by atoms with Gasteiger partial charge in [-0.3, -0.25) is 14.2 Å². The molecule has 2 heterocycles. The van der Waals surface area contributed by atoms with Crippen LogP contribution < -0.4 is 16.7 Å². The Morgan fingerprint density at radius 2 is 1.55 bits per heavy atom. The van der Waals surface area contributed by atoms with E-state index in [0.29, 0.717) is 32.4 Å². The number of para-hydroxylation sites is 2. The van der Waals surface area contributed by atoms with Gasteiger partial charge in [0, 0.05) is 25.6 Å². The molecule has 2 amide bonds. The molecule has 9 heteroatoms. The van der Waals surface area contributed by atoms with E-state index >= 15 is 0 Å². The van der Waals surface area contributed by atoms with Gasteiger partial charge in [0.2, 0.25) is 11.8 Å². The lowest BCUT2D eigenvalue weighted by Gasteiger charge is -2.35. The molecule has 4 aromatic rings. The largest absolute Gasteiger partial charge is 0.342 e. The maximum absolute atomic E-state index is 13.7. The smallest absolute Gasteiger partial charge is 0.326 e. The van der Waals surface area contributed by atoms with Crippen LogP contribution in [0.15, 0.2) is 83.7 Å². The van der Waals surface area contributed by atoms with Gasteiger partial charge >= 0.3 is 5.69 Å². The summed E-state index contributed by atoms with van der Waals surface area (Å²) in [5, 5.41) is 2.91. The number of rotatable bonds is 7. The first-order chi connectivity index (χ1) is 18.7. The minimum absolute atomic E-state index is 0. The van der Waals surface area contributed by atoms with E-state index in [0.717, 1.165) is 27.7 Å². The minimum Gasteiger partial charge on any atom is -0.342 e. The molecule has 0 aliphatic carbocycles. The van der Waals surface area contributed by atoms with Gasteiger partial charge in [-0.1, -0.05) is 66.7 Å². The average molecular weight is 562 g/mol. The highest BCUT2D eigenvalue weighted by atomic mass is 35.5. The Morgan fingerprint density at radius 1 is 0.950 bits per heavy atom. The zero-order valence-corrected chi connectivity index (χ0v) is 23.6. The molecular weight excluding hydrogens is 526 g/mol. The number of piperidine rings is 1. The second-order valence-electron chi connectivity index (χ2n) is 10.9. The SMILES string of the molecule is CC(C)(N)C(=O)NC(Cc1ccc(-c2ccccc2)cc1)C(=O)N1CCC(n2c(=O)[nH]c3ccccc32)CC1.Cl. The quantitative estimate of drug-likeness (QED) is 0.316. The van der Waals surface area contributed by atoms with Crippen molar-refractivity contribution in [3.8, 4) is 11.1 Å². The van der Waals surface area contributed by atoms with E-state index in [1.54, 1.807) is 18.7 Å². The van der Waals surface area contributed by atoms with Crippen LogP contribution >= 0.6 is 12.4 Å². The fourth-order valence-electron chi connectivity index (χ4n) is 5.25. The van der Waals surface area contributed by atoms with Gasteiger partial charge in [0.25, 0.3) is 0 Å². The molecular formula is C31H36ClN5O3. The number of H-pyrrole nitrogens is 1. The fourth-order valence-corrected chi connectivity index (χ4v) is 5.25. The van der Waals surface area contributed by atoms with Crippen LogP contribution in [0, 0.1) is 0 Å². The van der Waals surface area contributed by atoms with Gasteiger partial charge < -0.3 is 20.9 Å². The molecule has 1 atom stereocenters. The second-order valence-corrected chi connectivity index (χ2v) is 10.9. The normalized spacial score (nSPS) is 14.9. The zero-order valence-electron chi connectivity index (χ0n) is 22.8. The number of aromatic amines is 1. The summed E-state index contributed by atoms with van der Waals surface area (Å²) in [4.78, 5) is 43.9. The lowest BCUT2D eigenvalue weighted by Crippen LogP contribution is -2.57. The van der Waals surface area contributed by atoms with Crippen molar-refractivity contribution in [1.29, 1.82) is 0 Å². The van der Waals surface area contributed by atoms with Crippen molar-refractivity contribution in [2.75, 3.05) is 13.1 Å². The lowest BCUT2D eigenvalue weighted by molar-refractivity contribution is -0.138. The number of carbonyl (C=O) groups is 2. The number of carbonyl (C=O) groups excluding carboxylic acids is 2. The summed E-state index contributed by atoms with van der Waals surface area (Å²) >= 11 is 0. The Bertz CT molecular complexity index is 1510. The summed E-state index contributed by atoms with van der Waals surface area (Å²) in [5.74, 6) is -0.508. The highest BCUT2D eigenvalue weighted by Crippen LogP contribution is 2.26. The molecule has 8 nitrogen and oxygen atoms in total. The third kappa shape index (κ3) is 6.29. The number of hydrogen-bond acceptors (Lipinski definition) is 4. The molecule has 1 aliphatic heterocycles. The number of imidazole rings is 1. The highest BCUT2D eigenvalue weighted by Gasteiger charge is 2.33. The maximum atomic E-state index is 13.7. The molecule has 5 rings (SSSR count). The number of likely N-dealkylation sites (tertiary alicyclic amines) is 1. The first-order valence-corrected chi connectivity index (χ1v) is 13.4. The number of nitrogens with one attached hydrogen (secondary N) is 2. The third-order valence-electron chi connectivity index (χ3n) is 7.45. The van der Waals surface area contributed by atoms with Gasteiger partial charge in [-0.2, -0.15) is 0 Å². The number of aromatic nitrogens is 2. The van der Waals surface area contributed by atoms with Crippen molar-refractivity contribution < 1.29 is 9.59 Å². The molecule has 40 heavy (non-hydrogen) atoms. The summed E-state index contributed by atoms with van der Waals surface area (Å²) in [6.45, 7) is 4.26. The van der Waals surface area contributed by atoms with Crippen LogP contribution in [0.25, 0.3) is 22.2 Å². The topological polar surface area (TPSA) is 113 Å². The molecule has 210 valence electrons. The molecule has 0 radical (unpaired) electrons. The Labute approximate surface area is 240 Å². The molecule has 0 bridgehead atoms. The molecule has 4 N–H and O–H groups in total. The molecule has 1 fully saturated rings. The van der Waals surface area contributed by atoms with Crippen LogP contribution in [-0.2, 0) is 16.0 Å². The molecule has 0 spiro atoms. The van der Waals surface area contributed by atoms with Gasteiger partial charge in [0.1, 0.15) is 6.04 Å². The van der Waals surface area contributed by atoms with Crippen molar-refractivity contribution >= 4 is 35.3 Å². The Balaban J connectivity index is 0.00000370. The number of benzene rings is 3. The summed E-state index contributed by atoms with van der Waals surface area (Å²) in [5.41, 5.74) is 9.64. The first kappa shape index (κ1) is 29.1. The molecule has 1 aromatic heterocycles. The van der Waals surface area contributed by atoms with Crippen molar-refractivity contribution in [2.24, 2.45) is 5.73 Å². The minimum atomic E-state index is -1.11. The van der Waals surface area contributed by atoms with E-state index in [1.165, 1.54) is 0 Å².